The Morgan fingerprint density at radius 3 is 2.50 bits per heavy atom. The van der Waals surface area contributed by atoms with Crippen molar-refractivity contribution in [3.63, 3.8) is 0 Å². The molecule has 0 radical (unpaired) electrons. The maximum Gasteiger partial charge on any atom is 0.321 e. The van der Waals surface area contributed by atoms with Gasteiger partial charge >= 0.3 is 6.03 Å². The van der Waals surface area contributed by atoms with E-state index in [2.05, 4.69) is 10.6 Å². The predicted octanol–water partition coefficient (Wildman–Crippen LogP) is 1.12. The second kappa shape index (κ2) is 8.15. The largest absolute Gasteiger partial charge is 0.335 e. The van der Waals surface area contributed by atoms with E-state index in [1.165, 1.54) is 0 Å². The minimum atomic E-state index is -0.379. The Bertz CT molecular complexity index is 513. The molecular formula is C16H23ClN3O2+. The highest BCUT2D eigenvalue weighted by molar-refractivity contribution is 6.30. The van der Waals surface area contributed by atoms with Crippen LogP contribution in [0.1, 0.15) is 31.2 Å². The molecule has 22 heavy (non-hydrogen) atoms. The third-order valence-electron chi connectivity index (χ3n) is 3.82. The van der Waals surface area contributed by atoms with Crippen molar-refractivity contribution >= 4 is 23.5 Å². The fraction of sp³-hybridized carbons (Fsp3) is 0.500. The first-order valence-corrected chi connectivity index (χ1v) is 8.07. The highest BCUT2D eigenvalue weighted by Gasteiger charge is 2.19. The lowest BCUT2D eigenvalue weighted by atomic mass is 10.2. The Morgan fingerprint density at radius 2 is 1.86 bits per heavy atom. The lowest BCUT2D eigenvalue weighted by Crippen LogP contribution is -3.09. The van der Waals surface area contributed by atoms with Gasteiger partial charge in [-0.2, -0.15) is 0 Å². The quantitative estimate of drug-likeness (QED) is 0.760. The third kappa shape index (κ3) is 5.66. The first-order valence-electron chi connectivity index (χ1n) is 7.69. The van der Waals surface area contributed by atoms with Crippen molar-refractivity contribution < 1.29 is 14.5 Å². The molecule has 1 aromatic carbocycles. The van der Waals surface area contributed by atoms with Crippen LogP contribution in [0.3, 0.4) is 0 Å². The fourth-order valence-corrected chi connectivity index (χ4v) is 2.88. The number of benzene rings is 1. The van der Waals surface area contributed by atoms with Gasteiger partial charge in [0.25, 0.3) is 5.91 Å². The molecule has 1 fully saturated rings. The molecule has 120 valence electrons. The number of quaternary nitrogens is 1. The number of rotatable bonds is 5. The zero-order valence-corrected chi connectivity index (χ0v) is 13.6. The topological polar surface area (TPSA) is 62.6 Å². The molecule has 0 spiro atoms. The lowest BCUT2D eigenvalue weighted by molar-refractivity contribution is -0.885. The number of nitrogens with one attached hydrogen (secondary N) is 3. The zero-order chi connectivity index (χ0) is 15.9. The summed E-state index contributed by atoms with van der Waals surface area (Å²) in [6, 6.07) is 7.38. The van der Waals surface area contributed by atoms with E-state index in [1.54, 1.807) is 0 Å². The van der Waals surface area contributed by atoms with Crippen LogP contribution in [0.25, 0.3) is 0 Å². The van der Waals surface area contributed by atoms with Crippen LogP contribution < -0.4 is 15.5 Å². The van der Waals surface area contributed by atoms with Gasteiger partial charge in [0, 0.05) is 16.6 Å². The molecule has 6 heteroatoms. The van der Waals surface area contributed by atoms with Crippen molar-refractivity contribution in [2.75, 3.05) is 13.6 Å². The molecule has 3 N–H and O–H groups in total. The van der Waals surface area contributed by atoms with E-state index in [9.17, 15) is 9.59 Å². The maximum absolute atomic E-state index is 11.9. The molecule has 0 aromatic heterocycles. The molecule has 0 saturated heterocycles. The third-order valence-corrected chi connectivity index (χ3v) is 4.08. The first kappa shape index (κ1) is 16.8. The summed E-state index contributed by atoms with van der Waals surface area (Å²) >= 11 is 5.84. The minimum Gasteiger partial charge on any atom is -0.335 e. The van der Waals surface area contributed by atoms with Crippen LogP contribution >= 0.6 is 11.6 Å². The second-order valence-electron chi connectivity index (χ2n) is 5.94. The summed E-state index contributed by atoms with van der Waals surface area (Å²) in [5.74, 6) is -0.262. The molecule has 2 rings (SSSR count). The molecule has 1 unspecified atom stereocenters. The Labute approximate surface area is 136 Å². The number of hydrogen-bond acceptors (Lipinski definition) is 2. The number of carbonyl (C=O) groups is 2. The van der Waals surface area contributed by atoms with Crippen molar-refractivity contribution in [3.05, 3.63) is 34.9 Å². The monoisotopic (exact) mass is 324 g/mol. The molecule has 3 amide bonds. The van der Waals surface area contributed by atoms with E-state index < -0.39 is 0 Å². The van der Waals surface area contributed by atoms with Crippen LogP contribution in [0.5, 0.6) is 0 Å². The van der Waals surface area contributed by atoms with E-state index in [-0.39, 0.29) is 24.5 Å². The van der Waals surface area contributed by atoms with Crippen LogP contribution in [-0.2, 0) is 11.3 Å². The van der Waals surface area contributed by atoms with Gasteiger partial charge in [0.1, 0.15) is 6.54 Å². The van der Waals surface area contributed by atoms with Crippen LogP contribution in [0.15, 0.2) is 24.3 Å². The molecule has 5 nitrogen and oxygen atoms in total. The van der Waals surface area contributed by atoms with Crippen LogP contribution in [0.2, 0.25) is 5.02 Å². The molecule has 0 aliphatic heterocycles. The summed E-state index contributed by atoms with van der Waals surface area (Å²) in [6.07, 6.45) is 4.30. The van der Waals surface area contributed by atoms with Gasteiger partial charge in [-0.15, -0.1) is 0 Å². The summed E-state index contributed by atoms with van der Waals surface area (Å²) in [4.78, 5) is 24.6. The Morgan fingerprint density at radius 1 is 1.23 bits per heavy atom. The van der Waals surface area contributed by atoms with Crippen molar-refractivity contribution in [1.82, 2.24) is 10.6 Å². The zero-order valence-electron chi connectivity index (χ0n) is 12.8. The number of amides is 3. The molecule has 1 aromatic rings. The standard InChI is InChI=1S/C16H22ClN3O2/c1-20(10-12-6-8-13(17)9-7-12)11-15(21)19-16(22)18-14-4-2-3-5-14/h6-9,14H,2-5,10-11H2,1H3,(H2,18,19,21,22)/p+1. The number of halogens is 1. The summed E-state index contributed by atoms with van der Waals surface area (Å²) in [7, 11) is 1.92. The summed E-state index contributed by atoms with van der Waals surface area (Å²) in [5.41, 5.74) is 1.10. The molecule has 0 heterocycles. The Balaban J connectivity index is 1.71. The lowest BCUT2D eigenvalue weighted by Gasteiger charge is -2.15. The van der Waals surface area contributed by atoms with Gasteiger partial charge in [0.05, 0.1) is 7.05 Å². The van der Waals surface area contributed by atoms with Crippen molar-refractivity contribution in [3.8, 4) is 0 Å². The maximum atomic E-state index is 11.9. The van der Waals surface area contributed by atoms with Gasteiger partial charge in [-0.05, 0) is 25.0 Å². The number of likely N-dealkylation sites (N-methyl/N-ethyl adjacent to an activating group) is 1. The van der Waals surface area contributed by atoms with Gasteiger partial charge in [0.2, 0.25) is 0 Å². The van der Waals surface area contributed by atoms with E-state index >= 15 is 0 Å². The molecule has 0 bridgehead atoms. The normalized spacial score (nSPS) is 16.3. The smallest absolute Gasteiger partial charge is 0.321 e. The molecule has 1 saturated carbocycles. The molecule has 1 aliphatic carbocycles. The highest BCUT2D eigenvalue weighted by Crippen LogP contribution is 2.17. The van der Waals surface area contributed by atoms with Crippen LogP contribution in [0.4, 0.5) is 4.79 Å². The average molecular weight is 325 g/mol. The molecule has 1 atom stereocenters. The second-order valence-corrected chi connectivity index (χ2v) is 6.38. The minimum absolute atomic E-state index is 0.215. The number of urea groups is 1. The first-order chi connectivity index (χ1) is 10.5. The van der Waals surface area contributed by atoms with Crippen LogP contribution in [-0.4, -0.2) is 31.6 Å². The van der Waals surface area contributed by atoms with Crippen molar-refractivity contribution in [2.24, 2.45) is 0 Å². The number of carbonyl (C=O) groups excluding carboxylic acids is 2. The van der Waals surface area contributed by atoms with Gasteiger partial charge < -0.3 is 10.2 Å². The van der Waals surface area contributed by atoms with Crippen molar-refractivity contribution in [2.45, 2.75) is 38.3 Å². The van der Waals surface area contributed by atoms with Gasteiger partial charge in [0.15, 0.2) is 6.54 Å². The van der Waals surface area contributed by atoms with E-state index in [0.29, 0.717) is 11.6 Å². The molecular weight excluding hydrogens is 302 g/mol. The van der Waals surface area contributed by atoms with Crippen molar-refractivity contribution in [1.29, 1.82) is 0 Å². The summed E-state index contributed by atoms with van der Waals surface area (Å²) in [6.45, 7) is 0.954. The van der Waals surface area contributed by atoms with E-state index in [4.69, 9.17) is 11.6 Å². The molecule has 1 aliphatic rings. The Hall–Kier alpha value is -1.59. The highest BCUT2D eigenvalue weighted by atomic mass is 35.5. The predicted molar refractivity (Wildman–Crippen MR) is 85.8 cm³/mol. The van der Waals surface area contributed by atoms with Gasteiger partial charge in [-0.25, -0.2) is 4.79 Å². The fourth-order valence-electron chi connectivity index (χ4n) is 2.75. The van der Waals surface area contributed by atoms with E-state index in [0.717, 1.165) is 36.1 Å². The van der Waals surface area contributed by atoms with Crippen LogP contribution in [0, 0.1) is 0 Å². The SMILES string of the molecule is C[NH+](CC(=O)NC(=O)NC1CCCC1)Cc1ccc(Cl)cc1. The van der Waals surface area contributed by atoms with Gasteiger partial charge in [-0.3, -0.25) is 10.1 Å². The van der Waals surface area contributed by atoms with E-state index in [1.807, 2.05) is 31.3 Å². The summed E-state index contributed by atoms with van der Waals surface area (Å²) < 4.78 is 0. The summed E-state index contributed by atoms with van der Waals surface area (Å²) in [5, 5.41) is 5.94. The number of imide groups is 1. The average Bonchev–Trinajstić information content (AvgIpc) is 2.93. The number of hydrogen-bond donors (Lipinski definition) is 3. The van der Waals surface area contributed by atoms with Gasteiger partial charge in [-0.1, -0.05) is 36.6 Å². The Kier molecular flexibility index (Phi) is 6.21.